The minimum Gasteiger partial charge on any atom is -0.452 e. The predicted octanol–water partition coefficient (Wildman–Crippen LogP) is 6.70. The summed E-state index contributed by atoms with van der Waals surface area (Å²) in [5.41, 5.74) is 2.21. The molecule has 0 spiro atoms. The smallest absolute Gasteiger partial charge is 0.230 e. The minimum atomic E-state index is -0.608. The van der Waals surface area contributed by atoms with Crippen LogP contribution in [0.15, 0.2) is 60.9 Å². The van der Waals surface area contributed by atoms with E-state index in [9.17, 15) is 9.18 Å². The molecule has 2 aromatic heterocycles. The summed E-state index contributed by atoms with van der Waals surface area (Å²) in [4.78, 5) is 19.5. The van der Waals surface area contributed by atoms with Crippen LogP contribution in [0.3, 0.4) is 0 Å². The van der Waals surface area contributed by atoms with E-state index >= 15 is 0 Å². The zero-order valence-corrected chi connectivity index (χ0v) is 21.1. The maximum atomic E-state index is 14.6. The van der Waals surface area contributed by atoms with E-state index in [1.807, 2.05) is 0 Å². The second-order valence-corrected chi connectivity index (χ2v) is 7.90. The van der Waals surface area contributed by atoms with E-state index in [0.29, 0.717) is 38.1 Å². The van der Waals surface area contributed by atoms with E-state index in [1.165, 1.54) is 12.1 Å². The van der Waals surface area contributed by atoms with Gasteiger partial charge in [0.25, 0.3) is 0 Å². The number of nitrogens with zero attached hydrogens (tertiary/aromatic N) is 1. The lowest BCUT2D eigenvalue weighted by Gasteiger charge is -2.12. The van der Waals surface area contributed by atoms with Crippen molar-refractivity contribution in [2.45, 2.75) is 6.42 Å². The Morgan fingerprint density at radius 1 is 1.09 bits per heavy atom. The Hall–Kier alpha value is -2.62. The van der Waals surface area contributed by atoms with Crippen LogP contribution in [-0.4, -0.2) is 21.0 Å². The van der Waals surface area contributed by atoms with E-state index in [-0.39, 0.29) is 42.1 Å². The number of thiocarbonyl (C=S) groups is 1. The molecule has 2 heterocycles. The quantitative estimate of drug-likeness (QED) is 0.236. The maximum absolute atomic E-state index is 14.6. The molecule has 0 fully saturated rings. The highest BCUT2D eigenvalue weighted by Crippen LogP contribution is 2.30. The molecule has 0 saturated carbocycles. The third-order valence-electron chi connectivity index (χ3n) is 4.47. The molecule has 3 N–H and O–H groups in total. The molecule has 4 aromatic rings. The number of aromatic amines is 1. The lowest BCUT2D eigenvalue weighted by atomic mass is 10.1. The number of hydrogen-bond acceptors (Lipinski definition) is 4. The molecule has 0 bridgehead atoms. The third kappa shape index (κ3) is 6.49. The van der Waals surface area contributed by atoms with Crippen molar-refractivity contribution in [2.24, 2.45) is 0 Å². The summed E-state index contributed by atoms with van der Waals surface area (Å²) in [6, 6.07) is 12.7. The molecule has 178 valence electrons. The van der Waals surface area contributed by atoms with Gasteiger partial charge in [0, 0.05) is 40.3 Å². The fourth-order valence-electron chi connectivity index (χ4n) is 2.99. The van der Waals surface area contributed by atoms with Crippen molar-refractivity contribution in [2.75, 3.05) is 5.32 Å². The van der Waals surface area contributed by atoms with Gasteiger partial charge in [-0.2, -0.15) is 0 Å². The van der Waals surface area contributed by atoms with Crippen LogP contribution in [0.1, 0.15) is 5.56 Å². The van der Waals surface area contributed by atoms with Gasteiger partial charge in [-0.1, -0.05) is 29.3 Å². The Bertz CT molecular complexity index is 1320. The molecular formula is C22H17Cl4FN4O2S. The van der Waals surface area contributed by atoms with E-state index in [1.54, 1.807) is 48.8 Å². The number of halogens is 5. The summed E-state index contributed by atoms with van der Waals surface area (Å²) in [7, 11) is 0. The van der Waals surface area contributed by atoms with Gasteiger partial charge < -0.3 is 20.4 Å². The minimum absolute atomic E-state index is 0. The van der Waals surface area contributed by atoms with Crippen molar-refractivity contribution in [3.8, 4) is 11.5 Å². The van der Waals surface area contributed by atoms with Crippen LogP contribution in [0.4, 0.5) is 10.1 Å². The van der Waals surface area contributed by atoms with Crippen molar-refractivity contribution >= 4 is 88.0 Å². The SMILES string of the molecule is Cl.Cl.O=C(Cc1c(Cl)cccc1Cl)NC(=S)Nc1ccc(Oc2ccnc3cc[nH]c23)c(F)c1. The second-order valence-electron chi connectivity index (χ2n) is 6.67. The third-order valence-corrected chi connectivity index (χ3v) is 5.38. The fourth-order valence-corrected chi connectivity index (χ4v) is 3.76. The molecule has 12 heteroatoms. The van der Waals surface area contributed by atoms with Crippen LogP contribution in [-0.2, 0) is 11.2 Å². The molecule has 0 atom stereocenters. The number of carbonyl (C=O) groups is 1. The number of anilines is 1. The number of fused-ring (bicyclic) bond motifs is 1. The average molecular weight is 562 g/mol. The van der Waals surface area contributed by atoms with Gasteiger partial charge in [0.2, 0.25) is 5.91 Å². The average Bonchev–Trinajstić information content (AvgIpc) is 3.22. The van der Waals surface area contributed by atoms with Gasteiger partial charge in [-0.15, -0.1) is 24.8 Å². The van der Waals surface area contributed by atoms with Gasteiger partial charge in [0.05, 0.1) is 11.9 Å². The van der Waals surface area contributed by atoms with Crippen molar-refractivity contribution in [1.82, 2.24) is 15.3 Å². The molecule has 0 aliphatic carbocycles. The number of amides is 1. The molecule has 6 nitrogen and oxygen atoms in total. The molecular weight excluding hydrogens is 545 g/mol. The predicted molar refractivity (Wildman–Crippen MR) is 142 cm³/mol. The number of nitrogens with one attached hydrogen (secondary N) is 3. The Kier molecular flexibility index (Phi) is 9.90. The lowest BCUT2D eigenvalue weighted by Crippen LogP contribution is -2.35. The second kappa shape index (κ2) is 12.2. The van der Waals surface area contributed by atoms with E-state index < -0.39 is 11.7 Å². The lowest BCUT2D eigenvalue weighted by molar-refractivity contribution is -0.119. The number of hydrogen-bond donors (Lipinski definition) is 3. The summed E-state index contributed by atoms with van der Waals surface area (Å²) >= 11 is 17.3. The Balaban J connectivity index is 0.00000204. The highest BCUT2D eigenvalue weighted by atomic mass is 35.5. The van der Waals surface area contributed by atoms with Crippen molar-refractivity contribution < 1.29 is 13.9 Å². The molecule has 34 heavy (non-hydrogen) atoms. The number of carbonyl (C=O) groups excluding carboxylic acids is 1. The van der Waals surface area contributed by atoms with Crippen LogP contribution >= 0.6 is 60.2 Å². The first kappa shape index (κ1) is 27.6. The van der Waals surface area contributed by atoms with Crippen molar-refractivity contribution in [3.05, 3.63) is 82.4 Å². The molecule has 0 unspecified atom stereocenters. The van der Waals surface area contributed by atoms with Gasteiger partial charge in [-0.3, -0.25) is 9.78 Å². The van der Waals surface area contributed by atoms with E-state index in [4.69, 9.17) is 40.2 Å². The van der Waals surface area contributed by atoms with Crippen LogP contribution in [0, 0.1) is 5.82 Å². The molecule has 1 amide bonds. The number of pyridine rings is 1. The zero-order chi connectivity index (χ0) is 22.7. The number of H-pyrrole nitrogens is 1. The van der Waals surface area contributed by atoms with Crippen LogP contribution in [0.5, 0.6) is 11.5 Å². The number of rotatable bonds is 5. The van der Waals surface area contributed by atoms with Gasteiger partial charge in [0.15, 0.2) is 22.4 Å². The topological polar surface area (TPSA) is 79.0 Å². The molecule has 2 aromatic carbocycles. The maximum Gasteiger partial charge on any atom is 0.230 e. The van der Waals surface area contributed by atoms with Gasteiger partial charge in [-0.25, -0.2) is 4.39 Å². The number of aromatic nitrogens is 2. The summed E-state index contributed by atoms with van der Waals surface area (Å²) in [6.45, 7) is 0. The molecule has 0 aliphatic heterocycles. The largest absolute Gasteiger partial charge is 0.452 e. The molecule has 4 rings (SSSR count). The Morgan fingerprint density at radius 3 is 2.53 bits per heavy atom. The molecule has 0 aliphatic rings. The first-order chi connectivity index (χ1) is 15.4. The summed E-state index contributed by atoms with van der Waals surface area (Å²) < 4.78 is 20.3. The number of benzene rings is 2. The van der Waals surface area contributed by atoms with Gasteiger partial charge in [-0.05, 0) is 48.1 Å². The first-order valence-electron chi connectivity index (χ1n) is 9.34. The monoisotopic (exact) mass is 560 g/mol. The number of ether oxygens (including phenoxy) is 1. The highest BCUT2D eigenvalue weighted by molar-refractivity contribution is 7.80. The van der Waals surface area contributed by atoms with Gasteiger partial charge >= 0.3 is 0 Å². The van der Waals surface area contributed by atoms with Gasteiger partial charge in [0.1, 0.15) is 5.52 Å². The van der Waals surface area contributed by atoms with Crippen molar-refractivity contribution in [1.29, 1.82) is 0 Å². The summed E-state index contributed by atoms with van der Waals surface area (Å²) in [5, 5.41) is 6.07. The van der Waals surface area contributed by atoms with Crippen LogP contribution in [0.25, 0.3) is 11.0 Å². The molecule has 0 saturated heterocycles. The highest BCUT2D eigenvalue weighted by Gasteiger charge is 2.14. The normalized spacial score (nSPS) is 10.1. The Morgan fingerprint density at radius 2 is 1.82 bits per heavy atom. The Labute approximate surface area is 222 Å². The summed E-state index contributed by atoms with van der Waals surface area (Å²) in [5.74, 6) is -0.546. The standard InChI is InChI=1S/C22H15Cl2FN4O2S.2ClH/c23-14-2-1-3-15(24)13(14)11-20(30)29-22(32)28-12-4-5-18(16(25)10-12)31-19-7-9-26-17-6-8-27-21(17)19;;/h1-10,27H,11H2,(H2,28,29,30,32);2*1H. The summed E-state index contributed by atoms with van der Waals surface area (Å²) in [6.07, 6.45) is 3.25. The first-order valence-corrected chi connectivity index (χ1v) is 10.5. The fraction of sp³-hybridized carbons (Fsp3) is 0.0455. The van der Waals surface area contributed by atoms with E-state index in [2.05, 4.69) is 20.6 Å². The van der Waals surface area contributed by atoms with E-state index in [0.717, 1.165) is 0 Å². The van der Waals surface area contributed by atoms with Crippen molar-refractivity contribution in [3.63, 3.8) is 0 Å². The molecule has 0 radical (unpaired) electrons. The zero-order valence-electron chi connectivity index (χ0n) is 17.1. The van der Waals surface area contributed by atoms with Crippen LogP contribution in [0.2, 0.25) is 10.0 Å². The van der Waals surface area contributed by atoms with Crippen LogP contribution < -0.4 is 15.4 Å².